The maximum atomic E-state index is 12.9. The average molecular weight is 492 g/mol. The van der Waals surface area contributed by atoms with Gasteiger partial charge in [-0.25, -0.2) is 18.9 Å². The second-order valence-corrected chi connectivity index (χ2v) is 8.43. The van der Waals surface area contributed by atoms with Crippen LogP contribution in [-0.2, 0) is 11.3 Å². The van der Waals surface area contributed by atoms with Crippen LogP contribution in [0.2, 0.25) is 0 Å². The van der Waals surface area contributed by atoms with Crippen molar-refractivity contribution < 1.29 is 19.0 Å². The highest BCUT2D eigenvalue weighted by atomic mass is 32.1. The average Bonchev–Trinajstić information content (AvgIpc) is 3.45. The highest BCUT2D eigenvalue weighted by molar-refractivity contribution is 7.18. The lowest BCUT2D eigenvalue weighted by Gasteiger charge is -2.10. The van der Waals surface area contributed by atoms with E-state index in [9.17, 15) is 9.59 Å². The van der Waals surface area contributed by atoms with Crippen LogP contribution in [-0.4, -0.2) is 46.4 Å². The maximum Gasteiger partial charge on any atom is 0.352 e. The number of benzene rings is 2. The minimum Gasteiger partial charge on any atom is -0.497 e. The minimum absolute atomic E-state index is 0.257. The molecule has 0 atom stereocenters. The second-order valence-electron chi connectivity index (χ2n) is 7.55. The Morgan fingerprint density at radius 1 is 1.03 bits per heavy atom. The Labute approximate surface area is 203 Å². The Morgan fingerprint density at radius 3 is 2.51 bits per heavy atom. The van der Waals surface area contributed by atoms with Crippen molar-refractivity contribution in [2.45, 2.75) is 6.54 Å². The molecule has 0 aliphatic heterocycles. The molecule has 35 heavy (non-hydrogen) atoms. The normalized spacial score (nSPS) is 11.1. The molecule has 5 aromatic rings. The van der Waals surface area contributed by atoms with E-state index >= 15 is 0 Å². The summed E-state index contributed by atoms with van der Waals surface area (Å²) in [6.07, 6.45) is 1.44. The molecule has 1 amide bonds. The molecule has 0 spiro atoms. The van der Waals surface area contributed by atoms with Crippen molar-refractivity contribution in [2.24, 2.45) is 0 Å². The number of hydrogen-bond acceptors (Lipinski definition) is 8. The van der Waals surface area contributed by atoms with Crippen molar-refractivity contribution in [3.63, 3.8) is 0 Å². The van der Waals surface area contributed by atoms with E-state index in [0.717, 1.165) is 31.8 Å². The quantitative estimate of drug-likeness (QED) is 0.371. The Hall–Kier alpha value is -4.38. The summed E-state index contributed by atoms with van der Waals surface area (Å²) in [5.41, 5.74) is 3.16. The number of hydrogen-bond donors (Lipinski definition) is 1. The molecular formula is C24H21N5O5S. The summed E-state index contributed by atoms with van der Waals surface area (Å²) in [6, 6.07) is 12.7. The predicted molar refractivity (Wildman–Crippen MR) is 133 cm³/mol. The first-order valence-corrected chi connectivity index (χ1v) is 11.4. The van der Waals surface area contributed by atoms with Crippen molar-refractivity contribution in [3.8, 4) is 28.4 Å². The zero-order valence-corrected chi connectivity index (χ0v) is 20.0. The van der Waals surface area contributed by atoms with Crippen molar-refractivity contribution in [2.75, 3.05) is 26.6 Å². The van der Waals surface area contributed by atoms with Gasteiger partial charge in [0.15, 0.2) is 17.1 Å². The summed E-state index contributed by atoms with van der Waals surface area (Å²) < 4.78 is 18.9. The lowest BCUT2D eigenvalue weighted by molar-refractivity contribution is -0.117. The van der Waals surface area contributed by atoms with E-state index in [1.54, 1.807) is 25.3 Å². The molecule has 0 aliphatic carbocycles. The van der Waals surface area contributed by atoms with Crippen LogP contribution in [0.1, 0.15) is 0 Å². The van der Waals surface area contributed by atoms with Gasteiger partial charge in [-0.3, -0.25) is 4.79 Å². The number of ether oxygens (including phenoxy) is 3. The van der Waals surface area contributed by atoms with Gasteiger partial charge in [-0.1, -0.05) is 12.1 Å². The van der Waals surface area contributed by atoms with Gasteiger partial charge in [0.05, 0.1) is 31.5 Å². The van der Waals surface area contributed by atoms with Gasteiger partial charge in [0.25, 0.3) is 0 Å². The van der Waals surface area contributed by atoms with Crippen LogP contribution in [0, 0.1) is 0 Å². The summed E-state index contributed by atoms with van der Waals surface area (Å²) in [7, 11) is 4.67. The van der Waals surface area contributed by atoms with Crippen LogP contribution in [0.4, 0.5) is 5.69 Å². The van der Waals surface area contributed by atoms with Gasteiger partial charge in [-0.2, -0.15) is 0 Å². The first kappa shape index (κ1) is 22.4. The van der Waals surface area contributed by atoms with Gasteiger partial charge < -0.3 is 19.5 Å². The molecule has 0 bridgehead atoms. The molecule has 0 saturated heterocycles. The van der Waals surface area contributed by atoms with E-state index in [1.165, 1.54) is 36.3 Å². The molecule has 0 unspecified atom stereocenters. The zero-order chi connectivity index (χ0) is 24.5. The first-order valence-electron chi connectivity index (χ1n) is 10.5. The van der Waals surface area contributed by atoms with Gasteiger partial charge in [0.1, 0.15) is 18.6 Å². The second kappa shape index (κ2) is 9.11. The van der Waals surface area contributed by atoms with E-state index in [4.69, 9.17) is 14.2 Å². The van der Waals surface area contributed by atoms with Crippen LogP contribution in [0.3, 0.4) is 0 Å². The smallest absolute Gasteiger partial charge is 0.352 e. The van der Waals surface area contributed by atoms with E-state index in [2.05, 4.69) is 15.4 Å². The number of rotatable bonds is 7. The minimum atomic E-state index is -0.448. The SMILES string of the molecule is COc1ccc(-c2csc3c2ncn2c(=O)n(CC(=O)Nc4ccc(OC)c(OC)c4)nc32)cc1. The Morgan fingerprint density at radius 2 is 1.80 bits per heavy atom. The molecule has 0 aliphatic rings. The molecule has 1 N–H and O–H groups in total. The standard InChI is InChI=1S/C24H21N5O5S/c1-32-16-7-4-14(5-8-16)17-12-35-22-21(17)25-13-28-23(22)27-29(24(28)31)11-20(30)26-15-6-9-18(33-2)19(10-15)34-3/h4-10,12-13H,11H2,1-3H3,(H,26,30). The third kappa shape index (κ3) is 4.06. The summed E-state index contributed by atoms with van der Waals surface area (Å²) >= 11 is 1.44. The number of carbonyl (C=O) groups excluding carboxylic acids is 1. The first-order chi connectivity index (χ1) is 17.0. The molecule has 11 heteroatoms. The summed E-state index contributed by atoms with van der Waals surface area (Å²) in [6.45, 7) is -0.257. The third-order valence-electron chi connectivity index (χ3n) is 5.50. The molecular weight excluding hydrogens is 470 g/mol. The van der Waals surface area contributed by atoms with Gasteiger partial charge in [0, 0.05) is 22.7 Å². The number of methoxy groups -OCH3 is 3. The number of fused-ring (bicyclic) bond motifs is 3. The Balaban J connectivity index is 1.44. The molecule has 3 heterocycles. The highest BCUT2D eigenvalue weighted by Crippen LogP contribution is 2.34. The summed E-state index contributed by atoms with van der Waals surface area (Å²) in [5.74, 6) is 1.38. The number of nitrogens with zero attached hydrogens (tertiary/aromatic N) is 4. The van der Waals surface area contributed by atoms with Gasteiger partial charge >= 0.3 is 5.69 Å². The third-order valence-corrected chi connectivity index (χ3v) is 6.47. The van der Waals surface area contributed by atoms with Crippen molar-refractivity contribution in [1.29, 1.82) is 0 Å². The van der Waals surface area contributed by atoms with Crippen molar-refractivity contribution in [3.05, 3.63) is 64.7 Å². The van der Waals surface area contributed by atoms with Gasteiger partial charge in [-0.05, 0) is 29.8 Å². The number of carbonyl (C=O) groups is 1. The van der Waals surface area contributed by atoms with Crippen molar-refractivity contribution >= 4 is 38.8 Å². The molecule has 0 saturated carbocycles. The topological polar surface area (TPSA) is 109 Å². The molecule has 178 valence electrons. The molecule has 2 aromatic carbocycles. The molecule has 10 nitrogen and oxygen atoms in total. The van der Waals surface area contributed by atoms with Gasteiger partial charge in [0.2, 0.25) is 5.91 Å². The fraction of sp³-hybridized carbons (Fsp3) is 0.167. The molecule has 5 rings (SSSR count). The zero-order valence-electron chi connectivity index (χ0n) is 19.1. The van der Waals surface area contributed by atoms with Crippen LogP contribution < -0.4 is 25.2 Å². The lowest BCUT2D eigenvalue weighted by Crippen LogP contribution is -2.28. The monoisotopic (exact) mass is 491 g/mol. The number of aromatic nitrogens is 4. The van der Waals surface area contributed by atoms with Crippen molar-refractivity contribution in [1.82, 2.24) is 19.2 Å². The number of anilines is 1. The largest absolute Gasteiger partial charge is 0.497 e. The van der Waals surface area contributed by atoms with E-state index in [0.29, 0.717) is 22.8 Å². The Bertz CT molecular complexity index is 1600. The van der Waals surface area contributed by atoms with Crippen LogP contribution in [0.5, 0.6) is 17.2 Å². The van der Waals surface area contributed by atoms with Crippen LogP contribution in [0.25, 0.3) is 27.0 Å². The number of amides is 1. The highest BCUT2D eigenvalue weighted by Gasteiger charge is 2.17. The fourth-order valence-corrected chi connectivity index (χ4v) is 4.76. The number of thiophene rings is 1. The van der Waals surface area contributed by atoms with E-state index < -0.39 is 11.6 Å². The Kier molecular flexibility index (Phi) is 5.83. The van der Waals surface area contributed by atoms with E-state index in [1.807, 2.05) is 29.6 Å². The fourth-order valence-electron chi connectivity index (χ4n) is 3.76. The summed E-state index contributed by atoms with van der Waals surface area (Å²) in [5, 5.41) is 9.16. The molecule has 0 radical (unpaired) electrons. The lowest BCUT2D eigenvalue weighted by atomic mass is 10.1. The van der Waals surface area contributed by atoms with Crippen LogP contribution in [0.15, 0.2) is 59.0 Å². The maximum absolute atomic E-state index is 12.9. The van der Waals surface area contributed by atoms with Gasteiger partial charge in [-0.15, -0.1) is 16.4 Å². The van der Waals surface area contributed by atoms with Crippen LogP contribution >= 0.6 is 11.3 Å². The number of nitrogens with one attached hydrogen (secondary N) is 1. The molecule has 0 fully saturated rings. The van der Waals surface area contributed by atoms with E-state index in [-0.39, 0.29) is 6.54 Å². The summed E-state index contributed by atoms with van der Waals surface area (Å²) in [4.78, 5) is 30.1. The molecule has 3 aromatic heterocycles. The predicted octanol–water partition coefficient (Wildman–Crippen LogP) is 3.44.